The molecular weight excluding hydrogens is 630 g/mol. The summed E-state index contributed by atoms with van der Waals surface area (Å²) in [5, 5.41) is 15.2. The number of carbonyl (C=O) groups excluding carboxylic acids is 1. The zero-order valence-corrected chi connectivity index (χ0v) is 26.6. The Labute approximate surface area is 281 Å². The average molecular weight is 666 g/mol. The topological polar surface area (TPSA) is 172 Å². The first-order chi connectivity index (χ1) is 24.0. The first-order valence-corrected chi connectivity index (χ1v) is 16.2. The van der Waals surface area contributed by atoms with Gasteiger partial charge < -0.3 is 29.4 Å². The third-order valence-corrected chi connectivity index (χ3v) is 8.45. The first-order valence-electron chi connectivity index (χ1n) is 16.2. The fourth-order valence-corrected chi connectivity index (χ4v) is 6.00. The van der Waals surface area contributed by atoms with Gasteiger partial charge in [0.05, 0.1) is 6.33 Å². The van der Waals surface area contributed by atoms with Gasteiger partial charge in [0.1, 0.15) is 36.8 Å². The zero-order valence-electron chi connectivity index (χ0n) is 26.6. The maximum Gasteiger partial charge on any atom is 0.341 e. The van der Waals surface area contributed by atoms with E-state index in [1.807, 2.05) is 54.6 Å². The number of carboxylic acid groups (broad SMARTS) is 1. The van der Waals surface area contributed by atoms with Crippen LogP contribution in [0, 0.1) is 0 Å². The number of amides is 2. The normalized spacial score (nSPS) is 21.4. The minimum absolute atomic E-state index is 0.0323. The van der Waals surface area contributed by atoms with Crippen molar-refractivity contribution in [2.45, 2.75) is 57.0 Å². The summed E-state index contributed by atoms with van der Waals surface area (Å²) in [4.78, 5) is 41.7. The molecule has 7 rings (SSSR count). The summed E-state index contributed by atoms with van der Waals surface area (Å²) in [7, 11) is 0. The van der Waals surface area contributed by atoms with Gasteiger partial charge in [-0.15, -0.1) is 0 Å². The third kappa shape index (κ3) is 6.79. The highest BCUT2D eigenvalue weighted by molar-refractivity contribution is 5.95. The highest BCUT2D eigenvalue weighted by Crippen LogP contribution is 2.45. The van der Waals surface area contributed by atoms with E-state index in [0.29, 0.717) is 17.7 Å². The fourth-order valence-electron chi connectivity index (χ4n) is 6.00. The molecule has 2 amide bonds. The molecule has 5 aromatic rings. The Morgan fingerprint density at radius 1 is 0.898 bits per heavy atom. The van der Waals surface area contributed by atoms with Gasteiger partial charge in [0, 0.05) is 18.3 Å². The van der Waals surface area contributed by atoms with Crippen LogP contribution in [0.4, 0.5) is 10.6 Å². The Morgan fingerprint density at radius 3 is 2.49 bits per heavy atom. The van der Waals surface area contributed by atoms with Gasteiger partial charge in [-0.3, -0.25) is 9.88 Å². The summed E-state index contributed by atoms with van der Waals surface area (Å²) >= 11 is 0. The number of urea groups is 1. The number of carbonyl (C=O) groups is 2. The van der Waals surface area contributed by atoms with Gasteiger partial charge in [-0.2, -0.15) is 0 Å². The molecule has 5 heterocycles. The quantitative estimate of drug-likeness (QED) is 0.147. The number of benzene rings is 2. The van der Waals surface area contributed by atoms with Gasteiger partial charge in [-0.25, -0.2) is 29.5 Å². The number of nitrogens with zero attached hydrogens (tertiary/aromatic N) is 5. The summed E-state index contributed by atoms with van der Waals surface area (Å²) in [5.41, 5.74) is 3.69. The lowest BCUT2D eigenvalue weighted by atomic mass is 10.0. The second kappa shape index (κ2) is 14.4. The summed E-state index contributed by atoms with van der Waals surface area (Å²) in [6.45, 7) is 2.58. The van der Waals surface area contributed by atoms with E-state index in [0.717, 1.165) is 36.0 Å². The molecule has 5 unspecified atom stereocenters. The van der Waals surface area contributed by atoms with Crippen molar-refractivity contribution >= 4 is 29.0 Å². The lowest BCUT2D eigenvalue weighted by Gasteiger charge is -2.22. The molecule has 5 atom stereocenters. The molecule has 2 aliphatic heterocycles. The number of pyridine rings is 1. The molecular formula is C35H35N7O7. The SMILES string of the molecule is CCCCCNC(=O)Nc1ncnc2c1ncn2C1OC(COc2ncccc2C(=O)O)C2OC(c3ccc(-c4ccccc4)cc3)OC21. The predicted octanol–water partition coefficient (Wildman–Crippen LogP) is 5.36. The van der Waals surface area contributed by atoms with Crippen LogP contribution in [-0.4, -0.2) is 73.1 Å². The zero-order chi connectivity index (χ0) is 33.7. The summed E-state index contributed by atoms with van der Waals surface area (Å²) in [6.07, 6.45) is 3.93. The molecule has 252 valence electrons. The molecule has 2 aliphatic rings. The van der Waals surface area contributed by atoms with Gasteiger partial charge in [0.2, 0.25) is 5.88 Å². The maximum atomic E-state index is 12.6. The number of imidazole rings is 1. The maximum absolute atomic E-state index is 12.6. The Balaban J connectivity index is 1.14. The van der Waals surface area contributed by atoms with E-state index in [-0.39, 0.29) is 29.9 Å². The van der Waals surface area contributed by atoms with Crippen LogP contribution in [0.15, 0.2) is 85.6 Å². The molecule has 14 nitrogen and oxygen atoms in total. The average Bonchev–Trinajstić information content (AvgIpc) is 3.85. The van der Waals surface area contributed by atoms with Crippen LogP contribution in [0.5, 0.6) is 5.88 Å². The lowest BCUT2D eigenvalue weighted by molar-refractivity contribution is -0.152. The Morgan fingerprint density at radius 2 is 1.69 bits per heavy atom. The molecule has 2 saturated heterocycles. The Kier molecular flexibility index (Phi) is 9.41. The molecule has 3 N–H and O–H groups in total. The highest BCUT2D eigenvalue weighted by atomic mass is 16.8. The number of fused-ring (bicyclic) bond motifs is 2. The second-order valence-corrected chi connectivity index (χ2v) is 11.7. The van der Waals surface area contributed by atoms with Crippen LogP contribution < -0.4 is 15.4 Å². The third-order valence-electron chi connectivity index (χ3n) is 8.45. The van der Waals surface area contributed by atoms with E-state index < -0.39 is 36.8 Å². The number of aromatic carboxylic acids is 1. The van der Waals surface area contributed by atoms with Crippen LogP contribution >= 0.6 is 0 Å². The molecule has 2 fully saturated rings. The van der Waals surface area contributed by atoms with E-state index in [1.54, 1.807) is 10.9 Å². The summed E-state index contributed by atoms with van der Waals surface area (Å²) < 4.78 is 27.1. The molecule has 14 heteroatoms. The lowest BCUT2D eigenvalue weighted by Crippen LogP contribution is -2.33. The largest absolute Gasteiger partial charge is 0.477 e. The van der Waals surface area contributed by atoms with Gasteiger partial charge in [-0.05, 0) is 29.7 Å². The van der Waals surface area contributed by atoms with Crippen LogP contribution in [0.2, 0.25) is 0 Å². The van der Waals surface area contributed by atoms with Crippen molar-refractivity contribution in [1.82, 2.24) is 29.8 Å². The van der Waals surface area contributed by atoms with E-state index >= 15 is 0 Å². The standard InChI is InChI=1S/C35H35N7O7/c1-2-3-7-16-37-35(45)41-29-26-30(39-19-38-29)42(20-40-26)32-28-27(25(47-32)18-46-31-24(33(43)44)11-8-17-36-31)48-34(49-28)23-14-12-22(13-15-23)21-9-5-4-6-10-21/h4-6,8-15,17,19-20,25,27-28,32,34H,2-3,7,16,18H2,1H3,(H,43,44)(H2,37,38,39,41,45). The number of anilines is 1. The monoisotopic (exact) mass is 665 g/mol. The number of rotatable bonds is 12. The highest BCUT2D eigenvalue weighted by Gasteiger charge is 2.54. The van der Waals surface area contributed by atoms with Crippen LogP contribution in [-0.2, 0) is 14.2 Å². The molecule has 0 radical (unpaired) electrons. The Bertz CT molecular complexity index is 1920. The van der Waals surface area contributed by atoms with Crippen molar-refractivity contribution in [3.63, 3.8) is 0 Å². The van der Waals surface area contributed by atoms with Crippen molar-refractivity contribution in [2.75, 3.05) is 18.5 Å². The van der Waals surface area contributed by atoms with Crippen molar-refractivity contribution in [2.24, 2.45) is 0 Å². The molecule has 3 aromatic heterocycles. The summed E-state index contributed by atoms with van der Waals surface area (Å²) in [6, 6.07) is 20.6. The van der Waals surface area contributed by atoms with Gasteiger partial charge >= 0.3 is 12.0 Å². The molecule has 2 aromatic carbocycles. The number of aromatic nitrogens is 5. The Hall–Kier alpha value is -5.44. The number of ether oxygens (including phenoxy) is 4. The van der Waals surface area contributed by atoms with Crippen molar-refractivity contribution in [1.29, 1.82) is 0 Å². The first kappa shape index (κ1) is 32.1. The van der Waals surface area contributed by atoms with E-state index in [4.69, 9.17) is 18.9 Å². The van der Waals surface area contributed by atoms with E-state index in [2.05, 4.69) is 37.5 Å². The van der Waals surface area contributed by atoms with E-state index in [1.165, 1.54) is 24.7 Å². The fraction of sp³-hybridized carbons (Fsp3) is 0.314. The molecule has 0 saturated carbocycles. The molecule has 49 heavy (non-hydrogen) atoms. The van der Waals surface area contributed by atoms with E-state index in [9.17, 15) is 14.7 Å². The van der Waals surface area contributed by atoms with Gasteiger partial charge in [0.15, 0.2) is 29.5 Å². The van der Waals surface area contributed by atoms with Crippen LogP contribution in [0.25, 0.3) is 22.3 Å². The van der Waals surface area contributed by atoms with Gasteiger partial charge in [-0.1, -0.05) is 74.4 Å². The van der Waals surface area contributed by atoms with Gasteiger partial charge in [0.25, 0.3) is 0 Å². The number of nitrogens with one attached hydrogen (secondary N) is 2. The van der Waals surface area contributed by atoms with Crippen molar-refractivity contribution in [3.05, 3.63) is 96.7 Å². The molecule has 0 bridgehead atoms. The number of hydrogen-bond donors (Lipinski definition) is 3. The number of unbranched alkanes of at least 4 members (excludes halogenated alkanes) is 2. The molecule has 0 aliphatic carbocycles. The summed E-state index contributed by atoms with van der Waals surface area (Å²) in [5.74, 6) is -0.938. The van der Waals surface area contributed by atoms with Crippen LogP contribution in [0.1, 0.15) is 54.6 Å². The predicted molar refractivity (Wildman–Crippen MR) is 177 cm³/mol. The molecule has 0 spiro atoms. The number of carboxylic acids is 1. The van der Waals surface area contributed by atoms with Crippen molar-refractivity contribution < 1.29 is 33.6 Å². The minimum atomic E-state index is -1.16. The van der Waals surface area contributed by atoms with Crippen LogP contribution in [0.3, 0.4) is 0 Å². The minimum Gasteiger partial charge on any atom is -0.477 e. The number of hydrogen-bond acceptors (Lipinski definition) is 10. The smallest absolute Gasteiger partial charge is 0.341 e. The van der Waals surface area contributed by atoms with Crippen molar-refractivity contribution in [3.8, 4) is 17.0 Å². The second-order valence-electron chi connectivity index (χ2n) is 11.7.